The van der Waals surface area contributed by atoms with E-state index in [1.165, 1.54) is 19.2 Å². The highest BCUT2D eigenvalue weighted by atomic mass is 79.9. The first-order valence-corrected chi connectivity index (χ1v) is 7.84. The van der Waals surface area contributed by atoms with Crippen LogP contribution in [0.25, 0.3) is 0 Å². The lowest BCUT2D eigenvalue weighted by atomic mass is 9.89. The number of ether oxygens (including phenoxy) is 1. The van der Waals surface area contributed by atoms with Gasteiger partial charge in [0.25, 0.3) is 0 Å². The Labute approximate surface area is 142 Å². The summed E-state index contributed by atoms with van der Waals surface area (Å²) in [5, 5.41) is 23.8. The maximum atomic E-state index is 12.3. The van der Waals surface area contributed by atoms with Crippen LogP contribution < -0.4 is 5.32 Å². The van der Waals surface area contributed by atoms with Gasteiger partial charge >= 0.3 is 5.97 Å². The molecule has 5 nitrogen and oxygen atoms in total. The molecule has 3 rings (SSSR count). The SMILES string of the molecule is COC(=O)[C@@]1(C)N[C@@H](c2ccc(Br)cc2)c2c(O)ccc(O)c21. The summed E-state index contributed by atoms with van der Waals surface area (Å²) >= 11 is 3.38. The van der Waals surface area contributed by atoms with Crippen molar-refractivity contribution in [3.63, 3.8) is 0 Å². The summed E-state index contributed by atoms with van der Waals surface area (Å²) < 4.78 is 5.82. The summed E-state index contributed by atoms with van der Waals surface area (Å²) in [6, 6.07) is 9.89. The minimum atomic E-state index is -1.25. The Morgan fingerprint density at radius 3 is 2.39 bits per heavy atom. The number of esters is 1. The fourth-order valence-corrected chi connectivity index (χ4v) is 3.38. The monoisotopic (exact) mass is 377 g/mol. The van der Waals surface area contributed by atoms with Crippen LogP contribution in [-0.2, 0) is 15.1 Å². The second-order valence-electron chi connectivity index (χ2n) is 5.64. The molecule has 1 heterocycles. The number of hydrogen-bond acceptors (Lipinski definition) is 5. The van der Waals surface area contributed by atoms with Crippen LogP contribution in [0.3, 0.4) is 0 Å². The highest BCUT2D eigenvalue weighted by Crippen LogP contribution is 2.49. The van der Waals surface area contributed by atoms with E-state index in [0.717, 1.165) is 10.0 Å². The number of fused-ring (bicyclic) bond motifs is 1. The lowest BCUT2D eigenvalue weighted by Gasteiger charge is -2.24. The molecule has 0 unspecified atom stereocenters. The number of phenols is 2. The molecule has 0 radical (unpaired) electrons. The molecular weight excluding hydrogens is 362 g/mol. The van der Waals surface area contributed by atoms with Crippen molar-refractivity contribution >= 4 is 21.9 Å². The van der Waals surface area contributed by atoms with Gasteiger partial charge in [0.1, 0.15) is 17.0 Å². The number of halogens is 1. The molecule has 2 aromatic rings. The summed E-state index contributed by atoms with van der Waals surface area (Å²) in [6.45, 7) is 1.63. The van der Waals surface area contributed by atoms with E-state index in [-0.39, 0.29) is 11.5 Å². The number of carbonyl (C=O) groups is 1. The van der Waals surface area contributed by atoms with Gasteiger partial charge in [0.2, 0.25) is 0 Å². The van der Waals surface area contributed by atoms with E-state index in [4.69, 9.17) is 4.74 Å². The summed E-state index contributed by atoms with van der Waals surface area (Å²) in [5.74, 6) is -0.567. The van der Waals surface area contributed by atoms with E-state index in [1.54, 1.807) is 6.92 Å². The fourth-order valence-electron chi connectivity index (χ4n) is 3.12. The summed E-state index contributed by atoms with van der Waals surface area (Å²) in [4.78, 5) is 12.3. The van der Waals surface area contributed by atoms with Crippen molar-refractivity contribution < 1.29 is 19.7 Å². The molecule has 6 heteroatoms. The van der Waals surface area contributed by atoms with Crippen LogP contribution in [0.2, 0.25) is 0 Å². The Hall–Kier alpha value is -2.05. The standard InChI is InChI=1S/C17H16BrNO4/c1-17(16(22)23-2)14-12(21)8-7-11(20)13(14)15(19-17)9-3-5-10(18)6-4-9/h3-8,15,19-21H,1-2H3/t15-,17-/m0/s1. The Kier molecular flexibility index (Phi) is 3.82. The van der Waals surface area contributed by atoms with Gasteiger partial charge in [-0.2, -0.15) is 0 Å². The molecule has 23 heavy (non-hydrogen) atoms. The normalized spacial score (nSPS) is 22.7. The van der Waals surface area contributed by atoms with Crippen molar-refractivity contribution in [1.29, 1.82) is 0 Å². The average molecular weight is 378 g/mol. The van der Waals surface area contributed by atoms with E-state index >= 15 is 0 Å². The van der Waals surface area contributed by atoms with Gasteiger partial charge in [0.15, 0.2) is 0 Å². The molecule has 0 fully saturated rings. The topological polar surface area (TPSA) is 78.8 Å². The highest BCUT2D eigenvalue weighted by Gasteiger charge is 2.49. The first kappa shape index (κ1) is 15.8. The molecule has 1 aliphatic rings. The Morgan fingerprint density at radius 1 is 1.17 bits per heavy atom. The number of nitrogens with one attached hydrogen (secondary N) is 1. The predicted octanol–water partition coefficient (Wildman–Crippen LogP) is 2.94. The van der Waals surface area contributed by atoms with Gasteiger partial charge < -0.3 is 14.9 Å². The van der Waals surface area contributed by atoms with Crippen LogP contribution in [0.5, 0.6) is 11.5 Å². The van der Waals surface area contributed by atoms with E-state index in [0.29, 0.717) is 11.1 Å². The van der Waals surface area contributed by atoms with E-state index in [2.05, 4.69) is 21.2 Å². The maximum absolute atomic E-state index is 12.3. The predicted molar refractivity (Wildman–Crippen MR) is 88.3 cm³/mol. The van der Waals surface area contributed by atoms with Crippen molar-refractivity contribution in [2.24, 2.45) is 0 Å². The van der Waals surface area contributed by atoms with Crippen molar-refractivity contribution in [2.75, 3.05) is 7.11 Å². The lowest BCUT2D eigenvalue weighted by Crippen LogP contribution is -2.44. The van der Waals surface area contributed by atoms with Crippen LogP contribution in [0.4, 0.5) is 0 Å². The van der Waals surface area contributed by atoms with Crippen LogP contribution in [0.1, 0.15) is 29.7 Å². The quantitative estimate of drug-likeness (QED) is 0.553. The van der Waals surface area contributed by atoms with E-state index in [1.807, 2.05) is 24.3 Å². The third-order valence-electron chi connectivity index (χ3n) is 4.22. The maximum Gasteiger partial charge on any atom is 0.330 e. The summed E-state index contributed by atoms with van der Waals surface area (Å²) in [6.07, 6.45) is 0. The molecule has 3 N–H and O–H groups in total. The lowest BCUT2D eigenvalue weighted by molar-refractivity contribution is -0.148. The smallest absolute Gasteiger partial charge is 0.330 e. The minimum Gasteiger partial charge on any atom is -0.508 e. The van der Waals surface area contributed by atoms with Crippen LogP contribution in [0.15, 0.2) is 40.9 Å². The van der Waals surface area contributed by atoms with Crippen molar-refractivity contribution in [1.82, 2.24) is 5.32 Å². The second kappa shape index (κ2) is 5.54. The number of aromatic hydroxyl groups is 2. The average Bonchev–Trinajstić information content (AvgIpc) is 2.87. The molecular formula is C17H16BrNO4. The van der Waals surface area contributed by atoms with Crippen LogP contribution >= 0.6 is 15.9 Å². The minimum absolute atomic E-state index is 0.0193. The largest absolute Gasteiger partial charge is 0.508 e. The van der Waals surface area contributed by atoms with Crippen LogP contribution in [0, 0.1) is 0 Å². The zero-order valence-corrected chi connectivity index (χ0v) is 14.2. The van der Waals surface area contributed by atoms with Gasteiger partial charge in [-0.3, -0.25) is 5.32 Å². The molecule has 0 spiro atoms. The van der Waals surface area contributed by atoms with Gasteiger partial charge in [0.05, 0.1) is 13.2 Å². The third-order valence-corrected chi connectivity index (χ3v) is 4.75. The number of phenolic OH excluding ortho intramolecular Hbond substituents is 2. The van der Waals surface area contributed by atoms with Gasteiger partial charge in [-0.25, -0.2) is 4.79 Å². The summed E-state index contributed by atoms with van der Waals surface area (Å²) in [5.41, 5.74) is 0.449. The van der Waals surface area contributed by atoms with Crippen molar-refractivity contribution in [2.45, 2.75) is 18.5 Å². The Balaban J connectivity index is 2.22. The molecule has 0 aliphatic carbocycles. The number of methoxy groups -OCH3 is 1. The zero-order chi connectivity index (χ0) is 16.8. The second-order valence-corrected chi connectivity index (χ2v) is 6.55. The highest BCUT2D eigenvalue weighted by molar-refractivity contribution is 9.10. The van der Waals surface area contributed by atoms with E-state index < -0.39 is 17.6 Å². The van der Waals surface area contributed by atoms with E-state index in [9.17, 15) is 15.0 Å². The first-order chi connectivity index (χ1) is 10.9. The van der Waals surface area contributed by atoms with Gasteiger partial charge in [0, 0.05) is 15.6 Å². The fraction of sp³-hybridized carbons (Fsp3) is 0.235. The molecule has 2 aromatic carbocycles. The number of rotatable bonds is 2. The molecule has 0 amide bonds. The first-order valence-electron chi connectivity index (χ1n) is 7.05. The molecule has 0 saturated carbocycles. The third kappa shape index (κ3) is 2.38. The number of benzene rings is 2. The van der Waals surface area contributed by atoms with Crippen molar-refractivity contribution in [3.05, 3.63) is 57.6 Å². The molecule has 0 aromatic heterocycles. The molecule has 0 saturated heterocycles. The molecule has 1 aliphatic heterocycles. The van der Waals surface area contributed by atoms with Gasteiger partial charge in [-0.15, -0.1) is 0 Å². The molecule has 2 atom stereocenters. The van der Waals surface area contributed by atoms with Crippen molar-refractivity contribution in [3.8, 4) is 11.5 Å². The van der Waals surface area contributed by atoms with Crippen LogP contribution in [-0.4, -0.2) is 23.3 Å². The molecule has 120 valence electrons. The van der Waals surface area contributed by atoms with Gasteiger partial charge in [-0.05, 0) is 36.8 Å². The Morgan fingerprint density at radius 2 is 1.78 bits per heavy atom. The zero-order valence-electron chi connectivity index (χ0n) is 12.6. The van der Waals surface area contributed by atoms with Gasteiger partial charge in [-0.1, -0.05) is 28.1 Å². The number of hydrogen-bond donors (Lipinski definition) is 3. The Bertz CT molecular complexity index is 775. The molecule has 0 bridgehead atoms. The summed E-state index contributed by atoms with van der Waals surface area (Å²) in [7, 11) is 1.29. The number of carbonyl (C=O) groups excluding carboxylic acids is 1.